The molecule has 0 aliphatic carbocycles. The summed E-state index contributed by atoms with van der Waals surface area (Å²) in [6, 6.07) is 15.6. The number of nitrogens with one attached hydrogen (secondary N) is 1. The summed E-state index contributed by atoms with van der Waals surface area (Å²) in [4.78, 5) is 23.6. The lowest BCUT2D eigenvalue weighted by Gasteiger charge is -2.07. The van der Waals surface area contributed by atoms with Gasteiger partial charge in [-0.25, -0.2) is 18.0 Å². The van der Waals surface area contributed by atoms with Gasteiger partial charge in [-0.3, -0.25) is 9.50 Å². The zero-order valence-electron chi connectivity index (χ0n) is 14.3. The van der Waals surface area contributed by atoms with E-state index in [-0.39, 0.29) is 18.9 Å². The van der Waals surface area contributed by atoms with Gasteiger partial charge in [0, 0.05) is 6.54 Å². The first-order valence-corrected chi connectivity index (χ1v) is 9.08. The molecule has 0 spiro atoms. The van der Waals surface area contributed by atoms with E-state index in [4.69, 9.17) is 9.47 Å². The van der Waals surface area contributed by atoms with Crippen LogP contribution < -0.4 is 5.32 Å². The summed E-state index contributed by atoms with van der Waals surface area (Å²) in [5.41, 5.74) is 1.95. The maximum absolute atomic E-state index is 11.9. The van der Waals surface area contributed by atoms with Crippen LogP contribution in [-0.2, 0) is 42.6 Å². The first-order chi connectivity index (χ1) is 13.0. The summed E-state index contributed by atoms with van der Waals surface area (Å²) in [7, 11) is -2.88. The Labute approximate surface area is 158 Å². The molecule has 0 aliphatic heterocycles. The summed E-state index contributed by atoms with van der Waals surface area (Å²) >= 11 is 0. The molecule has 0 amide bonds. The lowest BCUT2D eigenvalue weighted by Crippen LogP contribution is -2.17. The molecule has 0 bridgehead atoms. The molecule has 8 nitrogen and oxygen atoms in total. The average Bonchev–Trinajstić information content (AvgIpc) is 2.69. The molecule has 1 N–H and O–H groups in total. The van der Waals surface area contributed by atoms with Crippen molar-refractivity contribution < 1.29 is 31.7 Å². The monoisotopic (exact) mass is 393 g/mol. The second-order valence-corrected chi connectivity index (χ2v) is 6.05. The minimum atomic E-state index is -2.88. The molecule has 0 saturated heterocycles. The molecule has 0 saturated carbocycles. The predicted octanol–water partition coefficient (Wildman–Crippen LogP) is 1.18. The Bertz CT molecular complexity index is 811. The van der Waals surface area contributed by atoms with Crippen molar-refractivity contribution >= 4 is 22.9 Å². The van der Waals surface area contributed by atoms with Crippen LogP contribution >= 0.6 is 0 Å². The van der Waals surface area contributed by atoms with Gasteiger partial charge in [0.1, 0.15) is 13.3 Å². The minimum Gasteiger partial charge on any atom is -0.458 e. The van der Waals surface area contributed by atoms with E-state index in [1.54, 1.807) is 24.3 Å². The Morgan fingerprint density at radius 3 is 2.26 bits per heavy atom. The van der Waals surface area contributed by atoms with Crippen molar-refractivity contribution in [3.05, 3.63) is 71.3 Å². The van der Waals surface area contributed by atoms with E-state index < -0.39 is 29.5 Å². The Morgan fingerprint density at radius 2 is 1.59 bits per heavy atom. The second kappa shape index (κ2) is 11.1. The van der Waals surface area contributed by atoms with Crippen LogP contribution in [0.3, 0.4) is 0 Å². The van der Waals surface area contributed by atoms with E-state index in [9.17, 15) is 18.0 Å². The summed E-state index contributed by atoms with van der Waals surface area (Å²) < 4.78 is 34.8. The van der Waals surface area contributed by atoms with Crippen molar-refractivity contribution in [3.63, 3.8) is 0 Å². The van der Waals surface area contributed by atoms with E-state index in [1.165, 1.54) is 0 Å². The summed E-state index contributed by atoms with van der Waals surface area (Å²) in [6.45, 7) is -0.124. The zero-order chi connectivity index (χ0) is 19.5. The van der Waals surface area contributed by atoms with Crippen LogP contribution in [0.4, 0.5) is 0 Å². The molecule has 0 aliphatic rings. The maximum atomic E-state index is 11.9. The smallest absolute Gasteiger partial charge is 0.344 e. The fourth-order valence-corrected chi connectivity index (χ4v) is 2.24. The third kappa shape index (κ3) is 7.99. The number of hydrogen-bond acceptors (Lipinski definition) is 8. The number of esters is 2. The SMILES string of the molecule is O=C(COC(=O)c1ccc(CNCO[SH](=O)=O)cc1)OCc1ccccc1. The van der Waals surface area contributed by atoms with Gasteiger partial charge in [-0.2, -0.15) is 0 Å². The fourth-order valence-electron chi connectivity index (χ4n) is 2.04. The van der Waals surface area contributed by atoms with Gasteiger partial charge in [0.25, 0.3) is 11.0 Å². The number of carbonyl (C=O) groups is 2. The van der Waals surface area contributed by atoms with Crippen LogP contribution in [0.5, 0.6) is 0 Å². The Hall–Kier alpha value is -2.75. The highest BCUT2D eigenvalue weighted by Crippen LogP contribution is 2.07. The summed E-state index contributed by atoms with van der Waals surface area (Å²) in [5.74, 6) is -1.28. The van der Waals surface area contributed by atoms with Crippen molar-refractivity contribution in [1.82, 2.24) is 5.32 Å². The molecule has 0 fully saturated rings. The Kier molecular flexibility index (Phi) is 8.43. The normalized spacial score (nSPS) is 10.6. The number of rotatable bonds is 10. The molecule has 0 unspecified atom stereocenters. The van der Waals surface area contributed by atoms with Crippen molar-refractivity contribution in [3.8, 4) is 0 Å². The molecule has 2 rings (SSSR count). The van der Waals surface area contributed by atoms with E-state index in [1.807, 2.05) is 30.3 Å². The quantitative estimate of drug-likeness (QED) is 0.268. The fraction of sp³-hybridized carbons (Fsp3) is 0.222. The van der Waals surface area contributed by atoms with Gasteiger partial charge >= 0.3 is 11.9 Å². The molecule has 0 aromatic heterocycles. The third-order valence-corrected chi connectivity index (χ3v) is 3.69. The lowest BCUT2D eigenvalue weighted by molar-refractivity contribution is -0.148. The van der Waals surface area contributed by atoms with Crippen LogP contribution in [-0.4, -0.2) is 33.7 Å². The Balaban J connectivity index is 1.71. The molecular formula is C18H19NO7S. The molecule has 144 valence electrons. The van der Waals surface area contributed by atoms with Crippen LogP contribution in [0.15, 0.2) is 54.6 Å². The average molecular weight is 393 g/mol. The van der Waals surface area contributed by atoms with Crippen molar-refractivity contribution in [2.24, 2.45) is 0 Å². The van der Waals surface area contributed by atoms with Gasteiger partial charge in [-0.1, -0.05) is 42.5 Å². The molecule has 2 aromatic rings. The standard InChI is InChI=1S/C18H19NO7S/c20-17(24-11-15-4-2-1-3-5-15)12-25-18(21)16-8-6-14(7-9-16)10-19-13-26-27(22)23/h1-9,19,27H,10-13H2. The van der Waals surface area contributed by atoms with Gasteiger partial charge < -0.3 is 9.47 Å². The third-order valence-electron chi connectivity index (χ3n) is 3.35. The van der Waals surface area contributed by atoms with Crippen LogP contribution in [0.1, 0.15) is 21.5 Å². The first kappa shape index (κ1) is 20.6. The highest BCUT2D eigenvalue weighted by molar-refractivity contribution is 7.67. The largest absolute Gasteiger partial charge is 0.458 e. The highest BCUT2D eigenvalue weighted by atomic mass is 32.2. The molecule has 9 heteroatoms. The van der Waals surface area contributed by atoms with Crippen LogP contribution in [0.2, 0.25) is 0 Å². The summed E-state index contributed by atoms with van der Waals surface area (Å²) in [5, 5.41) is 2.77. The highest BCUT2D eigenvalue weighted by Gasteiger charge is 2.11. The van der Waals surface area contributed by atoms with Gasteiger partial charge in [0.15, 0.2) is 6.61 Å². The number of ether oxygens (including phenoxy) is 2. The van der Waals surface area contributed by atoms with E-state index in [0.29, 0.717) is 6.54 Å². The number of thiol groups is 1. The van der Waals surface area contributed by atoms with Gasteiger partial charge in [0.2, 0.25) is 0 Å². The first-order valence-electron chi connectivity index (χ1n) is 7.98. The van der Waals surface area contributed by atoms with Crippen molar-refractivity contribution in [2.45, 2.75) is 13.2 Å². The maximum Gasteiger partial charge on any atom is 0.344 e. The molecular weight excluding hydrogens is 374 g/mol. The second-order valence-electron chi connectivity index (χ2n) is 5.34. The van der Waals surface area contributed by atoms with Crippen LogP contribution in [0.25, 0.3) is 0 Å². The number of hydrogen-bond donors (Lipinski definition) is 2. The van der Waals surface area contributed by atoms with Gasteiger partial charge in [-0.05, 0) is 23.3 Å². The van der Waals surface area contributed by atoms with Gasteiger partial charge in [-0.15, -0.1) is 0 Å². The van der Waals surface area contributed by atoms with E-state index in [0.717, 1.165) is 11.1 Å². The van der Waals surface area contributed by atoms with Gasteiger partial charge in [0.05, 0.1) is 5.56 Å². The molecule has 2 aromatic carbocycles. The Morgan fingerprint density at radius 1 is 0.889 bits per heavy atom. The summed E-state index contributed by atoms with van der Waals surface area (Å²) in [6.07, 6.45) is 0. The van der Waals surface area contributed by atoms with Crippen LogP contribution in [0, 0.1) is 0 Å². The van der Waals surface area contributed by atoms with Crippen molar-refractivity contribution in [2.75, 3.05) is 13.3 Å². The van der Waals surface area contributed by atoms with E-state index >= 15 is 0 Å². The predicted molar refractivity (Wildman–Crippen MR) is 96.1 cm³/mol. The zero-order valence-corrected chi connectivity index (χ0v) is 15.2. The molecule has 0 heterocycles. The number of benzene rings is 2. The van der Waals surface area contributed by atoms with E-state index in [2.05, 4.69) is 9.50 Å². The topological polar surface area (TPSA) is 108 Å². The molecule has 27 heavy (non-hydrogen) atoms. The number of carbonyl (C=O) groups excluding carboxylic acids is 2. The molecule has 0 atom stereocenters. The lowest BCUT2D eigenvalue weighted by atomic mass is 10.1. The molecule has 0 radical (unpaired) electrons. The van der Waals surface area contributed by atoms with Crippen molar-refractivity contribution in [1.29, 1.82) is 0 Å². The minimum absolute atomic E-state index is 0.114.